The maximum Gasteiger partial charge on any atom is 0.247 e. The lowest BCUT2D eigenvalue weighted by atomic mass is 10.0. The van der Waals surface area contributed by atoms with E-state index in [0.717, 1.165) is 18.4 Å². The fraction of sp³-hybridized carbons (Fsp3) is 0.455. The van der Waals surface area contributed by atoms with E-state index in [1.54, 1.807) is 0 Å². The number of hydrogen-bond donors (Lipinski definition) is 0. The van der Waals surface area contributed by atoms with Crippen molar-refractivity contribution in [2.45, 2.75) is 33.6 Å². The van der Waals surface area contributed by atoms with Gasteiger partial charge in [0.05, 0.1) is 0 Å². The summed E-state index contributed by atoms with van der Waals surface area (Å²) in [5.41, 5.74) is 2.42. The third kappa shape index (κ3) is 2.55. The van der Waals surface area contributed by atoms with E-state index in [4.69, 9.17) is 4.42 Å². The van der Waals surface area contributed by atoms with Crippen LogP contribution >= 0.6 is 0 Å². The van der Waals surface area contributed by atoms with Crippen LogP contribution in [0.25, 0.3) is 5.57 Å². The molecule has 1 aliphatic carbocycles. The number of hydrogen-bond acceptors (Lipinski definition) is 3. The van der Waals surface area contributed by atoms with Gasteiger partial charge in [-0.3, -0.25) is 0 Å². The molecule has 1 aromatic rings. The Morgan fingerprint density at radius 1 is 1.36 bits per heavy atom. The first-order valence-electron chi connectivity index (χ1n) is 5.00. The van der Waals surface area contributed by atoms with Crippen LogP contribution in [-0.4, -0.2) is 10.2 Å². The van der Waals surface area contributed by atoms with E-state index >= 15 is 0 Å². The minimum atomic E-state index is 0.619. The highest BCUT2D eigenvalue weighted by molar-refractivity contribution is 5.70. The molecule has 0 bridgehead atoms. The first kappa shape index (κ1) is 10.7. The SMILES string of the molecule is CC.CC1=CC(c2nnco2)=CCC1. The van der Waals surface area contributed by atoms with Gasteiger partial charge in [0.15, 0.2) is 0 Å². The van der Waals surface area contributed by atoms with E-state index < -0.39 is 0 Å². The lowest BCUT2D eigenvalue weighted by molar-refractivity contribution is 0.539. The molecular weight excluding hydrogens is 176 g/mol. The maximum atomic E-state index is 5.09. The Bertz CT molecular complexity index is 323. The molecule has 14 heavy (non-hydrogen) atoms. The molecule has 0 N–H and O–H groups in total. The van der Waals surface area contributed by atoms with Crippen LogP contribution in [0, 0.1) is 0 Å². The van der Waals surface area contributed by atoms with E-state index in [-0.39, 0.29) is 0 Å². The molecule has 1 aromatic heterocycles. The van der Waals surface area contributed by atoms with E-state index in [1.807, 2.05) is 13.8 Å². The van der Waals surface area contributed by atoms with E-state index in [9.17, 15) is 0 Å². The molecule has 1 heterocycles. The smallest absolute Gasteiger partial charge is 0.247 e. The van der Waals surface area contributed by atoms with Crippen LogP contribution in [0.3, 0.4) is 0 Å². The van der Waals surface area contributed by atoms with Crippen molar-refractivity contribution in [3.05, 3.63) is 30.0 Å². The second-order valence-corrected chi connectivity index (χ2v) is 2.93. The molecule has 3 heteroatoms. The van der Waals surface area contributed by atoms with Crippen LogP contribution in [0.1, 0.15) is 39.5 Å². The Balaban J connectivity index is 0.000000461. The highest BCUT2D eigenvalue weighted by Crippen LogP contribution is 2.22. The summed E-state index contributed by atoms with van der Waals surface area (Å²) in [4.78, 5) is 0. The van der Waals surface area contributed by atoms with Gasteiger partial charge < -0.3 is 4.42 Å². The zero-order valence-electron chi connectivity index (χ0n) is 8.95. The molecule has 0 saturated heterocycles. The minimum absolute atomic E-state index is 0.619. The summed E-state index contributed by atoms with van der Waals surface area (Å²) in [6, 6.07) is 0. The molecule has 3 nitrogen and oxygen atoms in total. The van der Waals surface area contributed by atoms with E-state index in [1.165, 1.54) is 12.0 Å². The van der Waals surface area contributed by atoms with Crippen LogP contribution in [-0.2, 0) is 0 Å². The predicted molar refractivity (Wildman–Crippen MR) is 56.6 cm³/mol. The molecule has 0 radical (unpaired) electrons. The summed E-state index contributed by atoms with van der Waals surface area (Å²) in [7, 11) is 0. The molecule has 0 unspecified atom stereocenters. The van der Waals surface area contributed by atoms with Gasteiger partial charge in [0.25, 0.3) is 0 Å². The predicted octanol–water partition coefficient (Wildman–Crippen LogP) is 3.22. The van der Waals surface area contributed by atoms with Crippen LogP contribution in [0.4, 0.5) is 0 Å². The standard InChI is InChI=1S/C9H10N2O.C2H6/c1-7-3-2-4-8(5-7)9-11-10-6-12-9;1-2/h4-6H,2-3H2,1H3;1-2H3. The third-order valence-electron chi connectivity index (χ3n) is 1.91. The maximum absolute atomic E-state index is 5.09. The first-order chi connectivity index (χ1) is 6.86. The average Bonchev–Trinajstić information content (AvgIpc) is 2.74. The zero-order valence-corrected chi connectivity index (χ0v) is 8.95. The quantitative estimate of drug-likeness (QED) is 0.685. The van der Waals surface area contributed by atoms with Gasteiger partial charge in [-0.05, 0) is 19.8 Å². The van der Waals surface area contributed by atoms with Crippen molar-refractivity contribution in [1.29, 1.82) is 0 Å². The molecular formula is C11H16N2O. The fourth-order valence-corrected chi connectivity index (χ4v) is 1.30. The number of allylic oxidation sites excluding steroid dienone is 4. The summed E-state index contributed by atoms with van der Waals surface area (Å²) in [6.45, 7) is 6.11. The lowest BCUT2D eigenvalue weighted by Crippen LogP contribution is -1.89. The molecule has 0 amide bonds. The number of rotatable bonds is 1. The molecule has 0 fully saturated rings. The summed E-state index contributed by atoms with van der Waals surface area (Å²) < 4.78 is 5.09. The Hall–Kier alpha value is -1.38. The van der Waals surface area contributed by atoms with Crippen molar-refractivity contribution in [3.8, 4) is 0 Å². The molecule has 76 valence electrons. The van der Waals surface area contributed by atoms with Gasteiger partial charge in [0.1, 0.15) is 0 Å². The van der Waals surface area contributed by atoms with Crippen LogP contribution in [0.2, 0.25) is 0 Å². The molecule has 0 spiro atoms. The summed E-state index contributed by atoms with van der Waals surface area (Å²) in [5, 5.41) is 7.48. The Kier molecular flexibility index (Phi) is 4.11. The van der Waals surface area contributed by atoms with Gasteiger partial charge >= 0.3 is 0 Å². The van der Waals surface area contributed by atoms with Crippen molar-refractivity contribution in [2.75, 3.05) is 0 Å². The van der Waals surface area contributed by atoms with E-state index in [0.29, 0.717) is 5.89 Å². The van der Waals surface area contributed by atoms with Gasteiger partial charge in [-0.2, -0.15) is 0 Å². The fourth-order valence-electron chi connectivity index (χ4n) is 1.30. The van der Waals surface area contributed by atoms with Crippen molar-refractivity contribution in [1.82, 2.24) is 10.2 Å². The Labute approximate surface area is 84.5 Å². The molecule has 0 aromatic carbocycles. The average molecular weight is 192 g/mol. The first-order valence-corrected chi connectivity index (χ1v) is 5.00. The molecule has 0 saturated carbocycles. The van der Waals surface area contributed by atoms with Crippen molar-refractivity contribution < 1.29 is 4.42 Å². The molecule has 0 atom stereocenters. The molecule has 0 aliphatic heterocycles. The molecule has 1 aliphatic rings. The summed E-state index contributed by atoms with van der Waals surface area (Å²) in [6.07, 6.45) is 7.78. The van der Waals surface area contributed by atoms with Crippen molar-refractivity contribution >= 4 is 5.57 Å². The van der Waals surface area contributed by atoms with Gasteiger partial charge in [-0.25, -0.2) is 0 Å². The van der Waals surface area contributed by atoms with Crippen LogP contribution in [0.5, 0.6) is 0 Å². The largest absolute Gasteiger partial charge is 0.423 e. The monoisotopic (exact) mass is 192 g/mol. The number of nitrogens with zero attached hydrogens (tertiary/aromatic N) is 2. The highest BCUT2D eigenvalue weighted by atomic mass is 16.4. The minimum Gasteiger partial charge on any atom is -0.423 e. The molecule has 2 rings (SSSR count). The zero-order chi connectivity index (χ0) is 10.4. The van der Waals surface area contributed by atoms with Gasteiger partial charge in [-0.1, -0.05) is 31.6 Å². The summed E-state index contributed by atoms with van der Waals surface area (Å²) in [5.74, 6) is 0.619. The Morgan fingerprint density at radius 2 is 2.14 bits per heavy atom. The second kappa shape index (κ2) is 5.37. The van der Waals surface area contributed by atoms with Crippen molar-refractivity contribution in [3.63, 3.8) is 0 Å². The number of aromatic nitrogens is 2. The van der Waals surface area contributed by atoms with E-state index in [2.05, 4.69) is 29.3 Å². The highest BCUT2D eigenvalue weighted by Gasteiger charge is 2.07. The normalized spacial score (nSPS) is 15.1. The topological polar surface area (TPSA) is 38.9 Å². The Morgan fingerprint density at radius 3 is 2.71 bits per heavy atom. The van der Waals surface area contributed by atoms with Gasteiger partial charge in [0, 0.05) is 5.57 Å². The lowest BCUT2D eigenvalue weighted by Gasteiger charge is -2.06. The third-order valence-corrected chi connectivity index (χ3v) is 1.91. The van der Waals surface area contributed by atoms with Crippen molar-refractivity contribution in [2.24, 2.45) is 0 Å². The second-order valence-electron chi connectivity index (χ2n) is 2.93. The van der Waals surface area contributed by atoms with Gasteiger partial charge in [-0.15, -0.1) is 10.2 Å². The van der Waals surface area contributed by atoms with Gasteiger partial charge in [0.2, 0.25) is 12.3 Å². The van der Waals surface area contributed by atoms with Crippen LogP contribution < -0.4 is 0 Å². The van der Waals surface area contributed by atoms with Crippen LogP contribution in [0.15, 0.2) is 28.5 Å². The summed E-state index contributed by atoms with van der Waals surface area (Å²) >= 11 is 0.